The monoisotopic (exact) mass is 406 g/mol. The minimum Gasteiger partial charge on any atom is -0.462 e. The highest BCUT2D eigenvalue weighted by atomic mass is 19.4. The third-order valence-corrected chi connectivity index (χ3v) is 4.11. The van der Waals surface area contributed by atoms with Gasteiger partial charge >= 0.3 is 18.1 Å². The first-order chi connectivity index (χ1) is 12.6. The largest absolute Gasteiger partial charge is 0.462 e. The lowest BCUT2D eigenvalue weighted by atomic mass is 9.91. The Labute approximate surface area is 162 Å². The van der Waals surface area contributed by atoms with Crippen LogP contribution >= 0.6 is 0 Å². The molecule has 0 spiro atoms. The van der Waals surface area contributed by atoms with Crippen LogP contribution in [-0.2, 0) is 25.2 Å². The maximum Gasteiger partial charge on any atom is 0.416 e. The van der Waals surface area contributed by atoms with E-state index in [-0.39, 0.29) is 12.0 Å². The predicted molar refractivity (Wildman–Crippen MR) is 95.0 cm³/mol. The molecule has 28 heavy (non-hydrogen) atoms. The highest BCUT2D eigenvalue weighted by Crippen LogP contribution is 2.37. The molecule has 0 unspecified atom stereocenters. The zero-order valence-corrected chi connectivity index (χ0v) is 16.8. The number of hydrogen-bond acceptors (Lipinski definition) is 4. The van der Waals surface area contributed by atoms with Gasteiger partial charge in [0.2, 0.25) is 0 Å². The van der Waals surface area contributed by atoms with Crippen molar-refractivity contribution in [2.75, 3.05) is 0 Å². The number of alkyl halides is 3. The van der Waals surface area contributed by atoms with Crippen LogP contribution in [0.25, 0.3) is 0 Å². The maximum atomic E-state index is 13.3. The predicted octanol–water partition coefficient (Wildman–Crippen LogP) is 5.25. The second-order valence-corrected chi connectivity index (χ2v) is 7.85. The van der Waals surface area contributed by atoms with Crippen LogP contribution in [0.3, 0.4) is 0 Å². The Hall–Kier alpha value is -2.12. The molecule has 158 valence electrons. The minimum atomic E-state index is -4.74. The zero-order chi connectivity index (χ0) is 21.9. The molecule has 0 saturated heterocycles. The molecule has 0 bridgehead atoms. The molecule has 8 heteroatoms. The molecule has 0 aliphatic rings. The van der Waals surface area contributed by atoms with Crippen molar-refractivity contribution in [1.82, 2.24) is 0 Å². The van der Waals surface area contributed by atoms with Crippen LogP contribution in [0.1, 0.15) is 65.0 Å². The van der Waals surface area contributed by atoms with Gasteiger partial charge in [-0.25, -0.2) is 4.39 Å². The summed E-state index contributed by atoms with van der Waals surface area (Å²) in [5, 5.41) is 0. The number of ether oxygens (including phenoxy) is 2. The summed E-state index contributed by atoms with van der Waals surface area (Å²) in [6, 6.07) is 2.39. The molecular weight excluding hydrogens is 380 g/mol. The third kappa shape index (κ3) is 7.13. The molecule has 0 aromatic heterocycles. The molecule has 3 atom stereocenters. The van der Waals surface area contributed by atoms with Crippen molar-refractivity contribution in [2.24, 2.45) is 5.92 Å². The Morgan fingerprint density at radius 3 is 2.14 bits per heavy atom. The second kappa shape index (κ2) is 8.92. The average molecular weight is 406 g/mol. The molecule has 0 N–H and O–H groups in total. The van der Waals surface area contributed by atoms with E-state index in [0.717, 1.165) is 12.1 Å². The van der Waals surface area contributed by atoms with E-state index in [1.165, 1.54) is 20.8 Å². The topological polar surface area (TPSA) is 52.6 Å². The number of esters is 2. The van der Waals surface area contributed by atoms with Crippen molar-refractivity contribution < 1.29 is 36.6 Å². The van der Waals surface area contributed by atoms with E-state index in [4.69, 9.17) is 9.47 Å². The Bertz CT molecular complexity index is 707. The smallest absolute Gasteiger partial charge is 0.416 e. The van der Waals surface area contributed by atoms with Crippen LogP contribution in [0.15, 0.2) is 18.2 Å². The van der Waals surface area contributed by atoms with E-state index in [2.05, 4.69) is 0 Å². The number of halogens is 4. The van der Waals surface area contributed by atoms with Crippen molar-refractivity contribution in [2.45, 2.75) is 71.8 Å². The van der Waals surface area contributed by atoms with E-state index in [0.29, 0.717) is 6.07 Å². The van der Waals surface area contributed by atoms with Crippen LogP contribution in [-0.4, -0.2) is 23.6 Å². The normalized spacial score (nSPS) is 15.5. The molecule has 0 aliphatic heterocycles. The summed E-state index contributed by atoms with van der Waals surface area (Å²) in [4.78, 5) is 24.0. The van der Waals surface area contributed by atoms with E-state index in [1.54, 1.807) is 20.8 Å². The third-order valence-electron chi connectivity index (χ3n) is 4.11. The Morgan fingerprint density at radius 2 is 1.64 bits per heavy atom. The Morgan fingerprint density at radius 1 is 1.07 bits per heavy atom. The van der Waals surface area contributed by atoms with Crippen LogP contribution in [0.4, 0.5) is 17.6 Å². The van der Waals surface area contributed by atoms with Gasteiger partial charge in [0.25, 0.3) is 0 Å². The summed E-state index contributed by atoms with van der Waals surface area (Å²) in [6.45, 7) is 9.46. The van der Waals surface area contributed by atoms with Gasteiger partial charge in [-0.1, -0.05) is 19.9 Å². The van der Waals surface area contributed by atoms with E-state index >= 15 is 0 Å². The van der Waals surface area contributed by atoms with Gasteiger partial charge in [0.15, 0.2) is 0 Å². The summed E-state index contributed by atoms with van der Waals surface area (Å²) in [5.41, 5.74) is -1.97. The number of carbonyl (C=O) groups excluding carboxylic acids is 2. The van der Waals surface area contributed by atoms with E-state index in [9.17, 15) is 27.2 Å². The van der Waals surface area contributed by atoms with Crippen LogP contribution in [0.5, 0.6) is 0 Å². The molecule has 4 nitrogen and oxygen atoms in total. The summed E-state index contributed by atoms with van der Waals surface area (Å²) >= 11 is 0. The highest BCUT2D eigenvalue weighted by molar-refractivity contribution is 5.80. The van der Waals surface area contributed by atoms with Gasteiger partial charge in [0.05, 0.1) is 17.9 Å². The summed E-state index contributed by atoms with van der Waals surface area (Å²) < 4.78 is 63.2. The first-order valence-corrected chi connectivity index (χ1v) is 8.90. The zero-order valence-electron chi connectivity index (χ0n) is 16.8. The lowest BCUT2D eigenvalue weighted by Gasteiger charge is -2.25. The molecule has 1 aromatic rings. The van der Waals surface area contributed by atoms with Gasteiger partial charge in [-0.3, -0.25) is 9.59 Å². The molecule has 0 heterocycles. The fourth-order valence-corrected chi connectivity index (χ4v) is 2.54. The Balaban J connectivity index is 2.84. The first-order valence-electron chi connectivity index (χ1n) is 8.90. The second-order valence-electron chi connectivity index (χ2n) is 7.85. The lowest BCUT2D eigenvalue weighted by Crippen LogP contribution is -2.29. The summed E-state index contributed by atoms with van der Waals surface area (Å²) in [6.07, 6.45) is -5.86. The van der Waals surface area contributed by atoms with Crippen molar-refractivity contribution >= 4 is 11.9 Å². The standard InChI is InChI=1S/C20H26F4O4/c1-11(9-17(25)28-19(4,5)6)18(26)27-13(3)12(2)15-8-7-14(21)10-16(15)20(22,23)24/h7-8,10-13H,9H2,1-6H3/t11-,12-,13+/m1/s1. The number of rotatable bonds is 6. The molecule has 0 amide bonds. The first kappa shape index (κ1) is 23.9. The molecular formula is C20H26F4O4. The summed E-state index contributed by atoms with van der Waals surface area (Å²) in [5.74, 6) is -3.95. The fourth-order valence-electron chi connectivity index (χ4n) is 2.54. The van der Waals surface area contributed by atoms with Gasteiger partial charge in [0, 0.05) is 5.92 Å². The van der Waals surface area contributed by atoms with Crippen molar-refractivity contribution in [1.29, 1.82) is 0 Å². The summed E-state index contributed by atoms with van der Waals surface area (Å²) in [7, 11) is 0. The van der Waals surface area contributed by atoms with Crippen molar-refractivity contribution in [3.63, 3.8) is 0 Å². The maximum absolute atomic E-state index is 13.3. The molecule has 0 fully saturated rings. The number of benzene rings is 1. The molecule has 1 rings (SSSR count). The molecule has 0 saturated carbocycles. The van der Waals surface area contributed by atoms with Gasteiger partial charge in [0.1, 0.15) is 17.5 Å². The van der Waals surface area contributed by atoms with Gasteiger partial charge in [-0.15, -0.1) is 0 Å². The quantitative estimate of drug-likeness (QED) is 0.478. The van der Waals surface area contributed by atoms with Crippen molar-refractivity contribution in [3.05, 3.63) is 35.1 Å². The molecule has 1 aromatic carbocycles. The Kier molecular flexibility index (Phi) is 7.62. The van der Waals surface area contributed by atoms with E-state index in [1.807, 2.05) is 0 Å². The van der Waals surface area contributed by atoms with Gasteiger partial charge < -0.3 is 9.47 Å². The van der Waals surface area contributed by atoms with E-state index < -0.39 is 53.0 Å². The number of hydrogen-bond donors (Lipinski definition) is 0. The average Bonchev–Trinajstić information content (AvgIpc) is 2.51. The molecule has 0 radical (unpaired) electrons. The van der Waals surface area contributed by atoms with Crippen LogP contribution in [0, 0.1) is 11.7 Å². The fraction of sp³-hybridized carbons (Fsp3) is 0.600. The SMILES string of the molecule is C[C@H](CC(=O)OC(C)(C)C)C(=O)O[C@@H](C)[C@@H](C)c1ccc(F)cc1C(F)(F)F. The lowest BCUT2D eigenvalue weighted by molar-refractivity contribution is -0.163. The highest BCUT2D eigenvalue weighted by Gasteiger charge is 2.36. The van der Waals surface area contributed by atoms with Gasteiger partial charge in [-0.05, 0) is 45.4 Å². The van der Waals surface area contributed by atoms with Crippen LogP contribution < -0.4 is 0 Å². The minimum absolute atomic E-state index is 0.172. The van der Waals surface area contributed by atoms with Crippen molar-refractivity contribution in [3.8, 4) is 0 Å². The number of carbonyl (C=O) groups is 2. The van der Waals surface area contributed by atoms with Gasteiger partial charge in [-0.2, -0.15) is 13.2 Å². The van der Waals surface area contributed by atoms with Crippen LogP contribution in [0.2, 0.25) is 0 Å². The molecule has 0 aliphatic carbocycles.